The number of halogens is 1. The molecule has 0 saturated carbocycles. The van der Waals surface area contributed by atoms with Crippen molar-refractivity contribution in [1.29, 1.82) is 0 Å². The molecule has 0 saturated heterocycles. The fourth-order valence-electron chi connectivity index (χ4n) is 1.49. The van der Waals surface area contributed by atoms with Crippen LogP contribution in [0, 0.1) is 0 Å². The minimum atomic E-state index is 0.548. The summed E-state index contributed by atoms with van der Waals surface area (Å²) in [7, 11) is 0. The first-order valence-electron chi connectivity index (χ1n) is 5.65. The molecule has 2 N–H and O–H groups in total. The normalized spacial score (nSPS) is 10.1. The maximum atomic E-state index is 5.89. The first-order chi connectivity index (χ1) is 8.69. The third kappa shape index (κ3) is 3.08. The zero-order chi connectivity index (χ0) is 13.0. The number of nitrogens with two attached hydrogens (primary N) is 1. The van der Waals surface area contributed by atoms with E-state index in [4.69, 9.17) is 26.8 Å². The molecular formula is C14H14ClNO2. The van der Waals surface area contributed by atoms with Crippen LogP contribution in [0.5, 0.6) is 17.2 Å². The average Bonchev–Trinajstić information content (AvgIpc) is 2.37. The van der Waals surface area contributed by atoms with E-state index in [-0.39, 0.29) is 0 Å². The molecule has 0 amide bonds. The molecule has 2 rings (SSSR count). The summed E-state index contributed by atoms with van der Waals surface area (Å²) in [5, 5.41) is 0.588. The van der Waals surface area contributed by atoms with E-state index in [0.717, 1.165) is 5.75 Å². The highest BCUT2D eigenvalue weighted by Crippen LogP contribution is 2.30. The van der Waals surface area contributed by atoms with Crippen LogP contribution in [-0.2, 0) is 0 Å². The molecule has 3 nitrogen and oxygen atoms in total. The van der Waals surface area contributed by atoms with Gasteiger partial charge in [-0.3, -0.25) is 0 Å². The Morgan fingerprint density at radius 2 is 1.72 bits per heavy atom. The van der Waals surface area contributed by atoms with Crippen molar-refractivity contribution < 1.29 is 9.47 Å². The summed E-state index contributed by atoms with van der Waals surface area (Å²) in [6.07, 6.45) is 0. The third-order valence-corrected chi connectivity index (χ3v) is 2.57. The molecule has 0 atom stereocenters. The fraction of sp³-hybridized carbons (Fsp3) is 0.143. The van der Waals surface area contributed by atoms with E-state index in [0.29, 0.717) is 28.8 Å². The van der Waals surface area contributed by atoms with Crippen LogP contribution in [0.3, 0.4) is 0 Å². The Hall–Kier alpha value is -1.87. The number of hydrogen-bond acceptors (Lipinski definition) is 3. The summed E-state index contributed by atoms with van der Waals surface area (Å²) in [6.45, 7) is 2.58. The molecule has 2 aromatic carbocycles. The van der Waals surface area contributed by atoms with Gasteiger partial charge in [0.25, 0.3) is 0 Å². The van der Waals surface area contributed by atoms with Crippen LogP contribution >= 0.6 is 11.6 Å². The predicted octanol–water partition coefficient (Wildman–Crippen LogP) is 4.11. The van der Waals surface area contributed by atoms with Crippen LogP contribution in [0.2, 0.25) is 5.02 Å². The molecule has 0 fully saturated rings. The number of nitrogen functional groups attached to an aromatic ring is 1. The smallest absolute Gasteiger partial charge is 0.151 e. The highest BCUT2D eigenvalue weighted by atomic mass is 35.5. The monoisotopic (exact) mass is 263 g/mol. The Labute approximate surface area is 111 Å². The Morgan fingerprint density at radius 1 is 1.06 bits per heavy atom. The number of anilines is 1. The van der Waals surface area contributed by atoms with E-state index in [2.05, 4.69) is 0 Å². The molecule has 0 aromatic heterocycles. The quantitative estimate of drug-likeness (QED) is 0.844. The summed E-state index contributed by atoms with van der Waals surface area (Å²) in [4.78, 5) is 0. The standard InChI is InChI=1S/C14H14ClNO2/c1-2-17-11-4-6-12(7-5-11)18-14-9-10(15)3-8-13(14)16/h3-9H,2,16H2,1H3. The molecular weight excluding hydrogens is 250 g/mol. The molecule has 0 bridgehead atoms. The molecule has 0 aliphatic rings. The van der Waals surface area contributed by atoms with Crippen molar-refractivity contribution in [1.82, 2.24) is 0 Å². The van der Waals surface area contributed by atoms with Crippen LogP contribution in [0.15, 0.2) is 42.5 Å². The van der Waals surface area contributed by atoms with Gasteiger partial charge in [-0.25, -0.2) is 0 Å². The Balaban J connectivity index is 2.15. The Bertz CT molecular complexity index is 526. The summed E-state index contributed by atoms with van der Waals surface area (Å²) in [5.74, 6) is 2.04. The van der Waals surface area contributed by atoms with Gasteiger partial charge in [0.2, 0.25) is 0 Å². The second kappa shape index (κ2) is 5.65. The van der Waals surface area contributed by atoms with Gasteiger partial charge >= 0.3 is 0 Å². The molecule has 0 unspecified atom stereocenters. The molecule has 0 heterocycles. The highest BCUT2D eigenvalue weighted by Gasteiger charge is 2.03. The van der Waals surface area contributed by atoms with Gasteiger partial charge in [-0.05, 0) is 43.3 Å². The van der Waals surface area contributed by atoms with Crippen molar-refractivity contribution in [2.45, 2.75) is 6.92 Å². The summed E-state index contributed by atoms with van der Waals surface area (Å²) >= 11 is 5.89. The van der Waals surface area contributed by atoms with Gasteiger partial charge in [0.15, 0.2) is 5.75 Å². The number of hydrogen-bond donors (Lipinski definition) is 1. The van der Waals surface area contributed by atoms with E-state index in [1.54, 1.807) is 18.2 Å². The van der Waals surface area contributed by atoms with Gasteiger partial charge in [0, 0.05) is 11.1 Å². The highest BCUT2D eigenvalue weighted by molar-refractivity contribution is 6.30. The average molecular weight is 264 g/mol. The molecule has 94 valence electrons. The topological polar surface area (TPSA) is 44.5 Å². The molecule has 0 aliphatic carbocycles. The predicted molar refractivity (Wildman–Crippen MR) is 73.5 cm³/mol. The lowest BCUT2D eigenvalue weighted by atomic mass is 10.3. The Kier molecular flexibility index (Phi) is 3.95. The summed E-state index contributed by atoms with van der Waals surface area (Å²) in [5.41, 5.74) is 6.36. The second-order valence-corrected chi connectivity index (χ2v) is 4.13. The minimum absolute atomic E-state index is 0.548. The van der Waals surface area contributed by atoms with E-state index < -0.39 is 0 Å². The maximum absolute atomic E-state index is 5.89. The fourth-order valence-corrected chi connectivity index (χ4v) is 1.66. The van der Waals surface area contributed by atoms with Crippen molar-refractivity contribution >= 4 is 17.3 Å². The maximum Gasteiger partial charge on any atom is 0.151 e. The first kappa shape index (κ1) is 12.6. The van der Waals surface area contributed by atoms with E-state index in [1.165, 1.54) is 0 Å². The lowest BCUT2D eigenvalue weighted by Crippen LogP contribution is -1.93. The van der Waals surface area contributed by atoms with E-state index in [9.17, 15) is 0 Å². The molecule has 4 heteroatoms. The molecule has 2 aromatic rings. The molecule has 0 spiro atoms. The van der Waals surface area contributed by atoms with Crippen molar-refractivity contribution in [3.8, 4) is 17.2 Å². The summed E-state index contributed by atoms with van der Waals surface area (Å²) < 4.78 is 11.0. The summed E-state index contributed by atoms with van der Waals surface area (Å²) in [6, 6.07) is 12.5. The first-order valence-corrected chi connectivity index (χ1v) is 6.02. The second-order valence-electron chi connectivity index (χ2n) is 3.69. The van der Waals surface area contributed by atoms with Crippen molar-refractivity contribution in [3.63, 3.8) is 0 Å². The van der Waals surface area contributed by atoms with Crippen molar-refractivity contribution in [2.75, 3.05) is 12.3 Å². The van der Waals surface area contributed by atoms with Gasteiger partial charge < -0.3 is 15.2 Å². The Morgan fingerprint density at radius 3 is 2.39 bits per heavy atom. The largest absolute Gasteiger partial charge is 0.494 e. The number of rotatable bonds is 4. The van der Waals surface area contributed by atoms with E-state index in [1.807, 2.05) is 31.2 Å². The lowest BCUT2D eigenvalue weighted by molar-refractivity contribution is 0.339. The minimum Gasteiger partial charge on any atom is -0.494 e. The zero-order valence-corrected chi connectivity index (χ0v) is 10.8. The van der Waals surface area contributed by atoms with Gasteiger partial charge in [-0.1, -0.05) is 11.6 Å². The lowest BCUT2D eigenvalue weighted by Gasteiger charge is -2.09. The third-order valence-electron chi connectivity index (χ3n) is 2.34. The van der Waals surface area contributed by atoms with Gasteiger partial charge in [-0.15, -0.1) is 0 Å². The van der Waals surface area contributed by atoms with E-state index >= 15 is 0 Å². The number of ether oxygens (including phenoxy) is 2. The van der Waals surface area contributed by atoms with Crippen LogP contribution in [0.25, 0.3) is 0 Å². The van der Waals surface area contributed by atoms with Crippen LogP contribution in [0.4, 0.5) is 5.69 Å². The van der Waals surface area contributed by atoms with Crippen LogP contribution in [-0.4, -0.2) is 6.61 Å². The molecule has 0 radical (unpaired) electrons. The SMILES string of the molecule is CCOc1ccc(Oc2cc(Cl)ccc2N)cc1. The van der Waals surface area contributed by atoms with Gasteiger partial charge in [0.05, 0.1) is 12.3 Å². The zero-order valence-electron chi connectivity index (χ0n) is 10.0. The number of benzene rings is 2. The van der Waals surface area contributed by atoms with Crippen LogP contribution < -0.4 is 15.2 Å². The molecule has 0 aliphatic heterocycles. The van der Waals surface area contributed by atoms with Crippen LogP contribution in [0.1, 0.15) is 6.92 Å². The van der Waals surface area contributed by atoms with Crippen molar-refractivity contribution in [3.05, 3.63) is 47.5 Å². The van der Waals surface area contributed by atoms with Crippen molar-refractivity contribution in [2.24, 2.45) is 0 Å². The van der Waals surface area contributed by atoms with Gasteiger partial charge in [0.1, 0.15) is 11.5 Å². The molecule has 18 heavy (non-hydrogen) atoms. The van der Waals surface area contributed by atoms with Gasteiger partial charge in [-0.2, -0.15) is 0 Å².